The molecule has 0 aliphatic carbocycles. The predicted molar refractivity (Wildman–Crippen MR) is 79.3 cm³/mol. The third-order valence-electron chi connectivity index (χ3n) is 2.95. The molecule has 0 spiro atoms. The molecular formula is C11H19Cl2N3OS. The average Bonchev–Trinajstić information content (AvgIpc) is 2.88. The van der Waals surface area contributed by atoms with Crippen LogP contribution in [0.4, 0.5) is 0 Å². The van der Waals surface area contributed by atoms with Crippen molar-refractivity contribution in [3.63, 3.8) is 0 Å². The van der Waals surface area contributed by atoms with E-state index in [0.29, 0.717) is 0 Å². The van der Waals surface area contributed by atoms with Crippen LogP contribution in [0.15, 0.2) is 5.51 Å². The minimum absolute atomic E-state index is 0. The molecule has 18 heavy (non-hydrogen) atoms. The lowest BCUT2D eigenvalue weighted by Gasteiger charge is -2.08. The Labute approximate surface area is 124 Å². The number of carbonyl (C=O) groups excluding carboxylic acids is 1. The summed E-state index contributed by atoms with van der Waals surface area (Å²) in [5.74, 6) is 0.744. The fourth-order valence-corrected chi connectivity index (χ4v) is 2.67. The van der Waals surface area contributed by atoms with Crippen LogP contribution >= 0.6 is 36.2 Å². The number of halogens is 2. The molecular weight excluding hydrogens is 293 g/mol. The molecule has 1 atom stereocenters. The number of hydrogen-bond donors (Lipinski definition) is 2. The fourth-order valence-electron chi connectivity index (χ4n) is 1.95. The maximum Gasteiger partial charge on any atom is 0.263 e. The van der Waals surface area contributed by atoms with Crippen molar-refractivity contribution in [2.24, 2.45) is 5.92 Å². The Kier molecular flexibility index (Phi) is 8.52. The highest BCUT2D eigenvalue weighted by atomic mass is 35.5. The number of rotatable bonds is 4. The third-order valence-corrected chi connectivity index (χ3v) is 3.88. The van der Waals surface area contributed by atoms with Crippen molar-refractivity contribution in [1.29, 1.82) is 0 Å². The second kappa shape index (κ2) is 8.69. The number of thiazole rings is 1. The van der Waals surface area contributed by atoms with Gasteiger partial charge in [0.25, 0.3) is 5.91 Å². The van der Waals surface area contributed by atoms with Gasteiger partial charge in [0.05, 0.1) is 11.2 Å². The van der Waals surface area contributed by atoms with Crippen molar-refractivity contribution in [2.75, 3.05) is 19.6 Å². The largest absolute Gasteiger partial charge is 0.351 e. The molecule has 104 valence electrons. The molecule has 1 fully saturated rings. The first-order valence-corrected chi connectivity index (χ1v) is 6.54. The molecule has 2 rings (SSSR count). The Bertz CT molecular complexity index is 367. The Morgan fingerprint density at radius 1 is 1.61 bits per heavy atom. The number of carbonyl (C=O) groups is 1. The summed E-state index contributed by atoms with van der Waals surface area (Å²) >= 11 is 1.40. The van der Waals surface area contributed by atoms with E-state index in [-0.39, 0.29) is 30.7 Å². The lowest BCUT2D eigenvalue weighted by atomic mass is 10.1. The van der Waals surface area contributed by atoms with Gasteiger partial charge >= 0.3 is 0 Å². The summed E-state index contributed by atoms with van der Waals surface area (Å²) in [5.41, 5.74) is 2.54. The molecule has 0 bridgehead atoms. The number of aryl methyl sites for hydroxylation is 1. The van der Waals surface area contributed by atoms with Crippen molar-refractivity contribution in [3.05, 3.63) is 16.1 Å². The normalized spacial score (nSPS) is 17.7. The van der Waals surface area contributed by atoms with Crippen molar-refractivity contribution in [1.82, 2.24) is 15.6 Å². The monoisotopic (exact) mass is 311 g/mol. The Balaban J connectivity index is 0.00000144. The molecule has 7 heteroatoms. The minimum Gasteiger partial charge on any atom is -0.351 e. The molecule has 4 nitrogen and oxygen atoms in total. The van der Waals surface area contributed by atoms with Crippen LogP contribution < -0.4 is 10.6 Å². The van der Waals surface area contributed by atoms with Crippen LogP contribution in [0.2, 0.25) is 0 Å². The maximum absolute atomic E-state index is 11.7. The number of aromatic nitrogens is 1. The van der Waals surface area contributed by atoms with Gasteiger partial charge in [-0.3, -0.25) is 4.79 Å². The maximum atomic E-state index is 11.7. The van der Waals surface area contributed by atoms with Gasteiger partial charge in [-0.05, 0) is 38.8 Å². The number of nitrogens with one attached hydrogen (secondary N) is 2. The van der Waals surface area contributed by atoms with Crippen molar-refractivity contribution >= 4 is 42.1 Å². The first kappa shape index (κ1) is 17.6. The van der Waals surface area contributed by atoms with E-state index >= 15 is 0 Å². The molecule has 1 aliphatic rings. The van der Waals surface area contributed by atoms with E-state index in [1.807, 2.05) is 6.92 Å². The molecule has 0 saturated carbocycles. The smallest absolute Gasteiger partial charge is 0.263 e. The van der Waals surface area contributed by atoms with E-state index in [1.165, 1.54) is 17.8 Å². The topological polar surface area (TPSA) is 54.0 Å². The van der Waals surface area contributed by atoms with Gasteiger partial charge < -0.3 is 10.6 Å². The Hall–Kier alpha value is -0.360. The van der Waals surface area contributed by atoms with E-state index in [1.54, 1.807) is 5.51 Å². The van der Waals surface area contributed by atoms with E-state index in [4.69, 9.17) is 0 Å². The van der Waals surface area contributed by atoms with Crippen LogP contribution in [0.5, 0.6) is 0 Å². The summed E-state index contributed by atoms with van der Waals surface area (Å²) in [6, 6.07) is 0. The van der Waals surface area contributed by atoms with Crippen molar-refractivity contribution in [2.45, 2.75) is 19.8 Å². The molecule has 0 aromatic carbocycles. The van der Waals surface area contributed by atoms with E-state index in [9.17, 15) is 4.79 Å². The molecule has 2 N–H and O–H groups in total. The lowest BCUT2D eigenvalue weighted by molar-refractivity contribution is 0.0955. The van der Waals surface area contributed by atoms with Crippen LogP contribution in [-0.2, 0) is 0 Å². The highest BCUT2D eigenvalue weighted by Gasteiger charge is 2.15. The van der Waals surface area contributed by atoms with Gasteiger partial charge in [-0.15, -0.1) is 36.2 Å². The van der Waals surface area contributed by atoms with Gasteiger partial charge in [0.15, 0.2) is 0 Å². The van der Waals surface area contributed by atoms with Crippen molar-refractivity contribution < 1.29 is 4.79 Å². The van der Waals surface area contributed by atoms with E-state index in [0.717, 1.165) is 42.5 Å². The summed E-state index contributed by atoms with van der Waals surface area (Å²) in [5, 5.41) is 6.28. The van der Waals surface area contributed by atoms with Gasteiger partial charge in [0.2, 0.25) is 0 Å². The molecule has 0 radical (unpaired) electrons. The van der Waals surface area contributed by atoms with Gasteiger partial charge in [-0.1, -0.05) is 0 Å². The van der Waals surface area contributed by atoms with Gasteiger partial charge in [0, 0.05) is 6.54 Å². The fraction of sp³-hybridized carbons (Fsp3) is 0.636. The summed E-state index contributed by atoms with van der Waals surface area (Å²) in [4.78, 5) is 16.6. The van der Waals surface area contributed by atoms with Gasteiger partial charge in [-0.25, -0.2) is 4.98 Å². The first-order chi connectivity index (χ1) is 7.77. The number of hydrogen-bond acceptors (Lipinski definition) is 4. The van der Waals surface area contributed by atoms with Crippen molar-refractivity contribution in [3.8, 4) is 0 Å². The molecule has 1 aromatic heterocycles. The number of nitrogens with zero attached hydrogens (tertiary/aromatic N) is 1. The lowest BCUT2D eigenvalue weighted by Crippen LogP contribution is -2.26. The molecule has 1 aliphatic heterocycles. The van der Waals surface area contributed by atoms with E-state index < -0.39 is 0 Å². The van der Waals surface area contributed by atoms with Crippen LogP contribution in [0.1, 0.15) is 28.2 Å². The van der Waals surface area contributed by atoms with Crippen LogP contribution in [0.3, 0.4) is 0 Å². The summed E-state index contributed by atoms with van der Waals surface area (Å²) in [7, 11) is 0. The standard InChI is InChI=1S/C11H17N3OS.2ClH/c1-8-10(16-7-14-8)11(15)13-5-3-9-2-4-12-6-9;;/h7,9,12H,2-6H2,1H3,(H,13,15);2*1H. The highest BCUT2D eigenvalue weighted by molar-refractivity contribution is 7.11. The van der Waals surface area contributed by atoms with Crippen LogP contribution in [0, 0.1) is 12.8 Å². The minimum atomic E-state index is 0. The number of amides is 1. The quantitative estimate of drug-likeness (QED) is 0.894. The van der Waals surface area contributed by atoms with Gasteiger partial charge in [-0.2, -0.15) is 0 Å². The zero-order valence-corrected chi connectivity index (χ0v) is 12.7. The first-order valence-electron chi connectivity index (χ1n) is 5.66. The second-order valence-electron chi connectivity index (χ2n) is 4.17. The summed E-state index contributed by atoms with van der Waals surface area (Å²) in [6.07, 6.45) is 2.30. The molecule has 1 amide bonds. The molecule has 2 heterocycles. The van der Waals surface area contributed by atoms with Crippen LogP contribution in [-0.4, -0.2) is 30.5 Å². The van der Waals surface area contributed by atoms with Crippen LogP contribution in [0.25, 0.3) is 0 Å². The zero-order chi connectivity index (χ0) is 11.4. The molecule has 1 unspecified atom stereocenters. The highest BCUT2D eigenvalue weighted by Crippen LogP contribution is 2.13. The SMILES string of the molecule is Cc1ncsc1C(=O)NCCC1CCNC1.Cl.Cl. The molecule has 1 aromatic rings. The third kappa shape index (κ3) is 4.72. The second-order valence-corrected chi connectivity index (χ2v) is 5.03. The predicted octanol–water partition coefficient (Wildman–Crippen LogP) is 2.02. The molecule has 1 saturated heterocycles. The summed E-state index contributed by atoms with van der Waals surface area (Å²) < 4.78 is 0. The summed E-state index contributed by atoms with van der Waals surface area (Å²) in [6.45, 7) is 4.84. The van der Waals surface area contributed by atoms with Gasteiger partial charge in [0.1, 0.15) is 4.88 Å². The Morgan fingerprint density at radius 3 is 2.94 bits per heavy atom. The zero-order valence-electron chi connectivity index (χ0n) is 10.3. The average molecular weight is 312 g/mol. The van der Waals surface area contributed by atoms with E-state index in [2.05, 4.69) is 15.6 Å². The Morgan fingerprint density at radius 2 is 2.39 bits per heavy atom.